The van der Waals surface area contributed by atoms with E-state index in [9.17, 15) is 14.4 Å². The maximum absolute atomic E-state index is 12.6. The smallest absolute Gasteiger partial charge is 0.412 e. The Morgan fingerprint density at radius 3 is 2.52 bits per heavy atom. The number of carbonyl (C=O) groups excluding carboxylic acids is 3. The van der Waals surface area contributed by atoms with Gasteiger partial charge < -0.3 is 9.47 Å². The van der Waals surface area contributed by atoms with Gasteiger partial charge in [0, 0.05) is 16.3 Å². The van der Waals surface area contributed by atoms with E-state index >= 15 is 0 Å². The second-order valence-corrected chi connectivity index (χ2v) is 7.94. The number of ether oxygens (including phenoxy) is 2. The molecule has 3 rings (SSSR count). The summed E-state index contributed by atoms with van der Waals surface area (Å²) in [6.45, 7) is 4.95. The topological polar surface area (TPSA) is 84.9 Å². The fraction of sp³-hybridized carbons (Fsp3) is 0.286. The third kappa shape index (κ3) is 5.26. The molecule has 1 aliphatic heterocycles. The minimum atomic E-state index is -0.644. The Hall–Kier alpha value is -3.06. The van der Waals surface area contributed by atoms with Gasteiger partial charge in [-0.3, -0.25) is 19.8 Å². The Morgan fingerprint density at radius 1 is 1.17 bits per heavy atom. The first-order valence-electron chi connectivity index (χ1n) is 8.98. The van der Waals surface area contributed by atoms with E-state index in [0.29, 0.717) is 27.7 Å². The lowest BCUT2D eigenvalue weighted by molar-refractivity contribution is -0.121. The standard InChI is InChI=1S/C21H21ClN2O5/c1-21(2,3)29-20(27)23-15-8-9-18-16(10-15)24(19(26)12-28-18)11-17(25)13-4-6-14(22)7-5-13/h4-10H,11-12H2,1-3H3,(H,23,27). The molecular weight excluding hydrogens is 396 g/mol. The lowest BCUT2D eigenvalue weighted by atomic mass is 10.1. The van der Waals surface area contributed by atoms with E-state index < -0.39 is 11.7 Å². The lowest BCUT2D eigenvalue weighted by Gasteiger charge is -2.29. The molecule has 152 valence electrons. The quantitative estimate of drug-likeness (QED) is 0.751. The molecule has 0 spiro atoms. The fourth-order valence-corrected chi connectivity index (χ4v) is 2.87. The van der Waals surface area contributed by atoms with E-state index in [1.54, 1.807) is 63.2 Å². The van der Waals surface area contributed by atoms with E-state index in [-0.39, 0.29) is 24.8 Å². The van der Waals surface area contributed by atoms with E-state index in [0.717, 1.165) is 0 Å². The van der Waals surface area contributed by atoms with Crippen LogP contribution in [0.15, 0.2) is 42.5 Å². The minimum absolute atomic E-state index is 0.160. The van der Waals surface area contributed by atoms with Crippen LogP contribution in [0.5, 0.6) is 5.75 Å². The summed E-state index contributed by atoms with van der Waals surface area (Å²) in [5.74, 6) is -0.147. The molecule has 0 atom stereocenters. The molecule has 2 aromatic rings. The highest BCUT2D eigenvalue weighted by Crippen LogP contribution is 2.35. The van der Waals surface area contributed by atoms with Gasteiger partial charge in [0.25, 0.3) is 5.91 Å². The van der Waals surface area contributed by atoms with Crippen molar-refractivity contribution >= 4 is 40.8 Å². The van der Waals surface area contributed by atoms with Crippen LogP contribution in [0, 0.1) is 0 Å². The average molecular weight is 417 g/mol. The molecule has 0 fully saturated rings. The Balaban J connectivity index is 1.81. The molecule has 7 nitrogen and oxygen atoms in total. The molecule has 8 heteroatoms. The first-order chi connectivity index (χ1) is 13.6. The average Bonchev–Trinajstić information content (AvgIpc) is 2.63. The summed E-state index contributed by atoms with van der Waals surface area (Å²) in [6, 6.07) is 11.3. The molecule has 0 unspecified atom stereocenters. The number of nitrogens with zero attached hydrogens (tertiary/aromatic N) is 1. The molecule has 0 saturated carbocycles. The number of carbonyl (C=O) groups is 3. The number of anilines is 2. The van der Waals surface area contributed by atoms with Crippen molar-refractivity contribution in [2.24, 2.45) is 0 Å². The first kappa shape index (κ1) is 20.7. The van der Waals surface area contributed by atoms with Crippen LogP contribution in [-0.2, 0) is 9.53 Å². The summed E-state index contributed by atoms with van der Waals surface area (Å²) in [5.41, 5.74) is 0.615. The zero-order valence-electron chi connectivity index (χ0n) is 16.3. The van der Waals surface area contributed by atoms with Gasteiger partial charge in [0.15, 0.2) is 12.4 Å². The Morgan fingerprint density at radius 2 is 1.86 bits per heavy atom. The third-order valence-electron chi connectivity index (χ3n) is 4.02. The number of nitrogens with one attached hydrogen (secondary N) is 1. The summed E-state index contributed by atoms with van der Waals surface area (Å²) in [6.07, 6.45) is -0.621. The van der Waals surface area contributed by atoms with Crippen LogP contribution >= 0.6 is 11.6 Å². The monoisotopic (exact) mass is 416 g/mol. The Labute approximate surface area is 173 Å². The van der Waals surface area contributed by atoms with Crippen LogP contribution in [0.4, 0.5) is 16.2 Å². The molecular formula is C21H21ClN2O5. The molecule has 0 bridgehead atoms. The van der Waals surface area contributed by atoms with Crippen molar-refractivity contribution in [3.05, 3.63) is 53.1 Å². The number of benzene rings is 2. The Kier molecular flexibility index (Phi) is 5.79. The van der Waals surface area contributed by atoms with Crippen molar-refractivity contribution in [3.63, 3.8) is 0 Å². The second kappa shape index (κ2) is 8.13. The van der Waals surface area contributed by atoms with Crippen molar-refractivity contribution < 1.29 is 23.9 Å². The number of hydrogen-bond acceptors (Lipinski definition) is 5. The van der Waals surface area contributed by atoms with Crippen molar-refractivity contribution in [1.29, 1.82) is 0 Å². The SMILES string of the molecule is CC(C)(C)OC(=O)Nc1ccc2c(c1)N(CC(=O)c1ccc(Cl)cc1)C(=O)CO2. The molecule has 1 heterocycles. The number of hydrogen-bond donors (Lipinski definition) is 1. The molecule has 29 heavy (non-hydrogen) atoms. The molecule has 1 aliphatic rings. The van der Waals surface area contributed by atoms with Crippen LogP contribution in [-0.4, -0.2) is 36.5 Å². The van der Waals surface area contributed by atoms with Gasteiger partial charge in [-0.1, -0.05) is 11.6 Å². The van der Waals surface area contributed by atoms with Crippen LogP contribution in [0.2, 0.25) is 5.02 Å². The predicted octanol–water partition coefficient (Wildman–Crippen LogP) is 4.30. The molecule has 0 aliphatic carbocycles. The Bertz CT molecular complexity index is 951. The van der Waals surface area contributed by atoms with Crippen molar-refractivity contribution in [2.45, 2.75) is 26.4 Å². The second-order valence-electron chi connectivity index (χ2n) is 7.51. The number of rotatable bonds is 4. The van der Waals surface area contributed by atoms with Gasteiger partial charge in [-0.25, -0.2) is 4.79 Å². The van der Waals surface area contributed by atoms with Crippen molar-refractivity contribution in [2.75, 3.05) is 23.4 Å². The molecule has 2 aromatic carbocycles. The van der Waals surface area contributed by atoms with E-state index in [2.05, 4.69) is 5.32 Å². The third-order valence-corrected chi connectivity index (χ3v) is 4.27. The number of ketones is 1. The highest BCUT2D eigenvalue weighted by atomic mass is 35.5. The predicted molar refractivity (Wildman–Crippen MR) is 110 cm³/mol. The normalized spacial score (nSPS) is 13.4. The van der Waals surface area contributed by atoms with E-state index in [1.165, 1.54) is 4.90 Å². The van der Waals surface area contributed by atoms with Gasteiger partial charge in [0.1, 0.15) is 11.4 Å². The highest BCUT2D eigenvalue weighted by Gasteiger charge is 2.28. The van der Waals surface area contributed by atoms with Gasteiger partial charge in [-0.15, -0.1) is 0 Å². The zero-order chi connectivity index (χ0) is 21.2. The summed E-state index contributed by atoms with van der Waals surface area (Å²) in [5, 5.41) is 3.14. The highest BCUT2D eigenvalue weighted by molar-refractivity contribution is 6.30. The number of halogens is 1. The number of amides is 2. The largest absolute Gasteiger partial charge is 0.482 e. The first-order valence-corrected chi connectivity index (χ1v) is 9.36. The molecule has 0 radical (unpaired) electrons. The molecule has 1 N–H and O–H groups in total. The summed E-state index contributed by atoms with van der Waals surface area (Å²) in [4.78, 5) is 38.4. The fourth-order valence-electron chi connectivity index (χ4n) is 2.75. The van der Waals surface area contributed by atoms with Gasteiger partial charge in [0.2, 0.25) is 0 Å². The minimum Gasteiger partial charge on any atom is -0.482 e. The van der Waals surface area contributed by atoms with E-state index in [4.69, 9.17) is 21.1 Å². The van der Waals surface area contributed by atoms with Crippen molar-refractivity contribution in [3.8, 4) is 5.75 Å². The number of Topliss-reactive ketones (excluding diaryl/α,β-unsaturated/α-hetero) is 1. The molecule has 2 amide bonds. The number of fused-ring (bicyclic) bond motifs is 1. The van der Waals surface area contributed by atoms with Gasteiger partial charge in [-0.2, -0.15) is 0 Å². The van der Waals surface area contributed by atoms with Crippen LogP contribution in [0.25, 0.3) is 0 Å². The lowest BCUT2D eigenvalue weighted by Crippen LogP contribution is -2.42. The zero-order valence-corrected chi connectivity index (χ0v) is 17.1. The van der Waals surface area contributed by atoms with Crippen LogP contribution in [0.1, 0.15) is 31.1 Å². The van der Waals surface area contributed by atoms with Crippen LogP contribution < -0.4 is 15.0 Å². The van der Waals surface area contributed by atoms with Crippen molar-refractivity contribution in [1.82, 2.24) is 0 Å². The summed E-state index contributed by atoms with van der Waals surface area (Å²) < 4.78 is 10.7. The maximum Gasteiger partial charge on any atom is 0.412 e. The summed E-state index contributed by atoms with van der Waals surface area (Å²) >= 11 is 5.86. The maximum atomic E-state index is 12.6. The van der Waals surface area contributed by atoms with E-state index in [1.807, 2.05) is 0 Å². The molecule has 0 aromatic heterocycles. The van der Waals surface area contributed by atoms with Gasteiger partial charge in [-0.05, 0) is 63.2 Å². The molecule has 0 saturated heterocycles. The van der Waals surface area contributed by atoms with Gasteiger partial charge >= 0.3 is 6.09 Å². The van der Waals surface area contributed by atoms with Crippen LogP contribution in [0.3, 0.4) is 0 Å². The van der Waals surface area contributed by atoms with Gasteiger partial charge in [0.05, 0.1) is 12.2 Å². The summed E-state index contributed by atoms with van der Waals surface area (Å²) in [7, 11) is 0.